The van der Waals surface area contributed by atoms with E-state index in [0.717, 1.165) is 11.8 Å². The monoisotopic (exact) mass is 161 g/mol. The number of hydrogen-bond acceptors (Lipinski definition) is 2. The molecule has 2 nitrogen and oxygen atoms in total. The predicted molar refractivity (Wildman–Crippen MR) is 50.1 cm³/mol. The van der Waals surface area contributed by atoms with E-state index in [4.69, 9.17) is 5.73 Å². The molecule has 1 aromatic carbocycles. The Morgan fingerprint density at radius 2 is 2.25 bits per heavy atom. The van der Waals surface area contributed by atoms with Gasteiger partial charge in [-0.05, 0) is 24.1 Å². The van der Waals surface area contributed by atoms with Gasteiger partial charge in [0.2, 0.25) is 0 Å². The van der Waals surface area contributed by atoms with Crippen LogP contribution < -0.4 is 5.73 Å². The van der Waals surface area contributed by atoms with Crippen LogP contribution in [0.5, 0.6) is 0 Å². The molecule has 0 fully saturated rings. The number of nitrogens with two attached hydrogens (primary N) is 1. The molecule has 0 aliphatic rings. The van der Waals surface area contributed by atoms with Gasteiger partial charge < -0.3 is 5.73 Å². The van der Waals surface area contributed by atoms with Gasteiger partial charge in [0.1, 0.15) is 6.29 Å². The second-order valence-electron chi connectivity index (χ2n) is 2.57. The fourth-order valence-corrected chi connectivity index (χ4v) is 1.06. The maximum Gasteiger partial charge on any atom is 0.150 e. The number of hydrogen-bond donors (Lipinski definition) is 1. The number of carbonyl (C=O) groups excluding carboxylic acids is 1. The smallest absolute Gasteiger partial charge is 0.150 e. The van der Waals surface area contributed by atoms with E-state index in [1.54, 1.807) is 18.2 Å². The lowest BCUT2D eigenvalue weighted by Gasteiger charge is -2.01. The van der Waals surface area contributed by atoms with Crippen LogP contribution in [0.25, 0.3) is 0 Å². The lowest BCUT2D eigenvalue weighted by molar-refractivity contribution is 0.112. The minimum absolute atomic E-state index is 0.616. The third-order valence-corrected chi connectivity index (χ3v) is 1.66. The molecular formula is C10H11NO. The van der Waals surface area contributed by atoms with Gasteiger partial charge in [-0.3, -0.25) is 4.79 Å². The molecule has 0 spiro atoms. The highest BCUT2D eigenvalue weighted by Gasteiger charge is 1.99. The minimum Gasteiger partial charge on any atom is -0.399 e. The van der Waals surface area contributed by atoms with E-state index in [-0.39, 0.29) is 0 Å². The molecule has 62 valence electrons. The molecule has 0 aliphatic heterocycles. The third kappa shape index (κ3) is 1.72. The van der Waals surface area contributed by atoms with Crippen LogP contribution >= 0.6 is 0 Å². The van der Waals surface area contributed by atoms with Gasteiger partial charge >= 0.3 is 0 Å². The standard InChI is InChI=1S/C10H11NO/c1-2-3-8-4-5-10(11)6-9(8)7-12/h2,4-7H,1,3,11H2. The number of nitrogen functional groups attached to an aromatic ring is 1. The fourth-order valence-electron chi connectivity index (χ4n) is 1.06. The zero-order valence-corrected chi connectivity index (χ0v) is 6.79. The van der Waals surface area contributed by atoms with Crippen LogP contribution in [0.1, 0.15) is 15.9 Å². The quantitative estimate of drug-likeness (QED) is 0.417. The van der Waals surface area contributed by atoms with E-state index in [9.17, 15) is 4.79 Å². The molecule has 2 heteroatoms. The summed E-state index contributed by atoms with van der Waals surface area (Å²) < 4.78 is 0. The van der Waals surface area contributed by atoms with Crippen molar-refractivity contribution >= 4 is 12.0 Å². The van der Waals surface area contributed by atoms with Crippen molar-refractivity contribution in [3.63, 3.8) is 0 Å². The first-order chi connectivity index (χ1) is 5.77. The van der Waals surface area contributed by atoms with Crippen molar-refractivity contribution < 1.29 is 4.79 Å². The van der Waals surface area contributed by atoms with Crippen LogP contribution in [-0.2, 0) is 6.42 Å². The van der Waals surface area contributed by atoms with Crippen LogP contribution in [0, 0.1) is 0 Å². The van der Waals surface area contributed by atoms with E-state index in [0.29, 0.717) is 17.7 Å². The van der Waals surface area contributed by atoms with Crippen molar-refractivity contribution in [1.29, 1.82) is 0 Å². The highest BCUT2D eigenvalue weighted by molar-refractivity contribution is 5.79. The zero-order valence-electron chi connectivity index (χ0n) is 6.79. The number of rotatable bonds is 3. The van der Waals surface area contributed by atoms with Crippen molar-refractivity contribution in [3.05, 3.63) is 42.0 Å². The number of aldehydes is 1. The molecule has 0 bridgehead atoms. The van der Waals surface area contributed by atoms with Crippen LogP contribution in [0.15, 0.2) is 30.9 Å². The first kappa shape index (κ1) is 8.53. The molecule has 0 unspecified atom stereocenters. The summed E-state index contributed by atoms with van der Waals surface area (Å²) in [6.07, 6.45) is 3.28. The van der Waals surface area contributed by atoms with Gasteiger partial charge in [-0.15, -0.1) is 6.58 Å². The Morgan fingerprint density at radius 1 is 1.50 bits per heavy atom. The Hall–Kier alpha value is -1.57. The Kier molecular flexibility index (Phi) is 2.64. The lowest BCUT2D eigenvalue weighted by atomic mass is 10.1. The third-order valence-electron chi connectivity index (χ3n) is 1.66. The second-order valence-corrected chi connectivity index (χ2v) is 2.57. The molecule has 1 aromatic rings. The normalized spacial score (nSPS) is 9.33. The summed E-state index contributed by atoms with van der Waals surface area (Å²) in [6, 6.07) is 5.30. The second kappa shape index (κ2) is 3.72. The largest absolute Gasteiger partial charge is 0.399 e. The summed E-state index contributed by atoms with van der Waals surface area (Å²) in [6.45, 7) is 3.61. The van der Waals surface area contributed by atoms with Gasteiger partial charge in [0.15, 0.2) is 0 Å². The van der Waals surface area contributed by atoms with Gasteiger partial charge in [0.05, 0.1) is 0 Å². The topological polar surface area (TPSA) is 43.1 Å². The first-order valence-electron chi connectivity index (χ1n) is 3.72. The van der Waals surface area contributed by atoms with E-state index in [1.807, 2.05) is 6.07 Å². The molecule has 0 aromatic heterocycles. The van der Waals surface area contributed by atoms with Gasteiger partial charge in [0, 0.05) is 11.3 Å². The molecule has 0 saturated heterocycles. The van der Waals surface area contributed by atoms with E-state index < -0.39 is 0 Å². The molecule has 0 radical (unpaired) electrons. The number of allylic oxidation sites excluding steroid dienone is 1. The maximum atomic E-state index is 10.6. The maximum absolute atomic E-state index is 10.6. The van der Waals surface area contributed by atoms with Gasteiger partial charge in [-0.25, -0.2) is 0 Å². The van der Waals surface area contributed by atoms with Crippen LogP contribution in [0.4, 0.5) is 5.69 Å². The Morgan fingerprint density at radius 3 is 2.83 bits per heavy atom. The Balaban J connectivity index is 3.10. The predicted octanol–water partition coefficient (Wildman–Crippen LogP) is 1.81. The molecule has 0 atom stereocenters. The molecule has 0 aliphatic carbocycles. The average molecular weight is 161 g/mol. The number of carbonyl (C=O) groups is 1. The SMILES string of the molecule is C=CCc1ccc(N)cc1C=O. The number of benzene rings is 1. The summed E-state index contributed by atoms with van der Waals surface area (Å²) in [7, 11) is 0. The van der Waals surface area contributed by atoms with Crippen molar-refractivity contribution in [2.45, 2.75) is 6.42 Å². The van der Waals surface area contributed by atoms with Crippen molar-refractivity contribution in [1.82, 2.24) is 0 Å². The highest BCUT2D eigenvalue weighted by atomic mass is 16.1. The Bertz CT molecular complexity index is 305. The fraction of sp³-hybridized carbons (Fsp3) is 0.100. The zero-order chi connectivity index (χ0) is 8.97. The van der Waals surface area contributed by atoms with Crippen molar-refractivity contribution in [2.75, 3.05) is 5.73 Å². The van der Waals surface area contributed by atoms with Gasteiger partial charge in [-0.2, -0.15) is 0 Å². The minimum atomic E-state index is 0.616. The number of anilines is 1. The molecular weight excluding hydrogens is 150 g/mol. The van der Waals surface area contributed by atoms with Gasteiger partial charge in [-0.1, -0.05) is 12.1 Å². The van der Waals surface area contributed by atoms with Crippen LogP contribution in [-0.4, -0.2) is 6.29 Å². The Labute approximate surface area is 71.7 Å². The molecule has 12 heavy (non-hydrogen) atoms. The van der Waals surface area contributed by atoms with E-state index in [2.05, 4.69) is 6.58 Å². The van der Waals surface area contributed by atoms with Crippen molar-refractivity contribution in [2.24, 2.45) is 0 Å². The van der Waals surface area contributed by atoms with E-state index >= 15 is 0 Å². The van der Waals surface area contributed by atoms with Crippen LogP contribution in [0.2, 0.25) is 0 Å². The summed E-state index contributed by atoms with van der Waals surface area (Å²) in [4.78, 5) is 10.6. The van der Waals surface area contributed by atoms with E-state index in [1.165, 1.54) is 0 Å². The van der Waals surface area contributed by atoms with Crippen molar-refractivity contribution in [3.8, 4) is 0 Å². The molecule has 0 amide bonds. The summed E-state index contributed by atoms with van der Waals surface area (Å²) >= 11 is 0. The summed E-state index contributed by atoms with van der Waals surface area (Å²) in [5.41, 5.74) is 7.75. The summed E-state index contributed by atoms with van der Waals surface area (Å²) in [5, 5.41) is 0. The average Bonchev–Trinajstić information content (AvgIpc) is 2.08. The lowest BCUT2D eigenvalue weighted by Crippen LogP contribution is -1.93. The highest BCUT2D eigenvalue weighted by Crippen LogP contribution is 2.12. The van der Waals surface area contributed by atoms with Crippen LogP contribution in [0.3, 0.4) is 0 Å². The molecule has 2 N–H and O–H groups in total. The first-order valence-corrected chi connectivity index (χ1v) is 3.72. The molecule has 0 heterocycles. The summed E-state index contributed by atoms with van der Waals surface area (Å²) in [5.74, 6) is 0. The molecule has 1 rings (SSSR count). The van der Waals surface area contributed by atoms with Gasteiger partial charge in [0.25, 0.3) is 0 Å². The molecule has 0 saturated carbocycles.